The summed E-state index contributed by atoms with van der Waals surface area (Å²) in [6.07, 6.45) is 7.24. The first-order chi connectivity index (χ1) is 12.2. The Labute approximate surface area is 145 Å². The first-order valence-electron chi connectivity index (χ1n) is 7.15. The predicted molar refractivity (Wildman–Crippen MR) is 85.8 cm³/mol. The Kier molecular flexibility index (Phi) is 5.94. The van der Waals surface area contributed by atoms with E-state index in [1.54, 1.807) is 24.5 Å². The Morgan fingerprint density at radius 1 is 0.923 bits per heavy atom. The van der Waals surface area contributed by atoms with Gasteiger partial charge < -0.3 is 17.3 Å². The fraction of sp³-hybridized carbons (Fsp3) is 0. The van der Waals surface area contributed by atoms with Gasteiger partial charge >= 0.3 is 7.25 Å². The first-order valence-corrected chi connectivity index (χ1v) is 7.15. The number of rotatable bonds is 3. The van der Waals surface area contributed by atoms with Crippen LogP contribution in [0, 0.1) is 10.1 Å². The second-order valence-corrected chi connectivity index (χ2v) is 4.85. The average molecular weight is 366 g/mol. The van der Waals surface area contributed by atoms with Gasteiger partial charge in [-0.3, -0.25) is 10.1 Å². The largest absolute Gasteiger partial charge is 0.673 e. The smallest absolute Gasteiger partial charge is 0.418 e. The van der Waals surface area contributed by atoms with Gasteiger partial charge in [0.1, 0.15) is 12.4 Å². The Hall–Kier alpha value is -3.37. The summed E-state index contributed by atoms with van der Waals surface area (Å²) in [5.74, 6) is 0.533. The molecule has 0 bridgehead atoms. The van der Waals surface area contributed by atoms with Gasteiger partial charge in [-0.1, -0.05) is 6.07 Å². The molecule has 0 N–H and O–H groups in total. The molecule has 0 atom stereocenters. The lowest BCUT2D eigenvalue weighted by Crippen LogP contribution is -2.29. The summed E-state index contributed by atoms with van der Waals surface area (Å²) in [5.41, 5.74) is 1.64. The molecule has 0 amide bonds. The fourth-order valence-electron chi connectivity index (χ4n) is 1.91. The molecule has 0 saturated carbocycles. The van der Waals surface area contributed by atoms with Crippen LogP contribution in [0.1, 0.15) is 0 Å². The van der Waals surface area contributed by atoms with E-state index in [1.165, 1.54) is 12.1 Å². The zero-order chi connectivity index (χ0) is 19.2. The molecule has 11 heteroatoms. The van der Waals surface area contributed by atoms with Crippen molar-refractivity contribution in [2.24, 2.45) is 0 Å². The summed E-state index contributed by atoms with van der Waals surface area (Å²) >= 11 is 0. The molecule has 0 radical (unpaired) electrons. The highest BCUT2D eigenvalue weighted by Crippen LogP contribution is 2.18. The minimum atomic E-state index is -6.00. The van der Waals surface area contributed by atoms with Crippen molar-refractivity contribution in [3.05, 3.63) is 77.4 Å². The molecule has 0 saturated heterocycles. The van der Waals surface area contributed by atoms with Gasteiger partial charge in [0.2, 0.25) is 5.69 Å². The van der Waals surface area contributed by atoms with Crippen molar-refractivity contribution in [2.45, 2.75) is 0 Å². The van der Waals surface area contributed by atoms with Gasteiger partial charge in [0.25, 0.3) is 5.69 Å². The second-order valence-electron chi connectivity index (χ2n) is 4.85. The van der Waals surface area contributed by atoms with Crippen molar-refractivity contribution < 1.29 is 26.8 Å². The minimum absolute atomic E-state index is 0.0511. The van der Waals surface area contributed by atoms with E-state index < -0.39 is 12.2 Å². The van der Waals surface area contributed by atoms with Gasteiger partial charge in [-0.05, 0) is 12.1 Å². The number of nitrogens with zero attached hydrogens (tertiary/aromatic N) is 4. The molecule has 26 heavy (non-hydrogen) atoms. The van der Waals surface area contributed by atoms with Crippen molar-refractivity contribution in [3.8, 4) is 17.1 Å². The van der Waals surface area contributed by atoms with Crippen LogP contribution in [0.4, 0.5) is 23.0 Å². The average Bonchev–Trinajstić information content (AvgIpc) is 2.61. The van der Waals surface area contributed by atoms with Crippen LogP contribution < -0.4 is 4.57 Å². The lowest BCUT2D eigenvalue weighted by Gasteiger charge is -2.00. The van der Waals surface area contributed by atoms with Crippen LogP contribution in [0.2, 0.25) is 0 Å². The lowest BCUT2D eigenvalue weighted by atomic mass is 10.2. The van der Waals surface area contributed by atoms with E-state index in [2.05, 4.69) is 9.97 Å². The summed E-state index contributed by atoms with van der Waals surface area (Å²) in [4.78, 5) is 18.8. The van der Waals surface area contributed by atoms with Gasteiger partial charge in [-0.2, -0.15) is 4.57 Å². The normalized spacial score (nSPS) is 10.6. The molecule has 3 aromatic rings. The molecular formula is C15H11BF4N4O2. The topological polar surface area (TPSA) is 72.8 Å². The maximum Gasteiger partial charge on any atom is 0.673 e. The molecule has 3 rings (SSSR count). The molecule has 2 heterocycles. The van der Waals surface area contributed by atoms with Crippen LogP contribution in [-0.4, -0.2) is 22.1 Å². The van der Waals surface area contributed by atoms with E-state index in [9.17, 15) is 27.4 Å². The van der Waals surface area contributed by atoms with Crippen LogP contribution in [0.3, 0.4) is 0 Å². The monoisotopic (exact) mass is 366 g/mol. The Morgan fingerprint density at radius 2 is 1.42 bits per heavy atom. The third-order valence-electron chi connectivity index (χ3n) is 2.99. The zero-order valence-corrected chi connectivity index (χ0v) is 13.0. The van der Waals surface area contributed by atoms with E-state index in [4.69, 9.17) is 0 Å². The zero-order valence-electron chi connectivity index (χ0n) is 13.0. The third kappa shape index (κ3) is 5.93. The van der Waals surface area contributed by atoms with Crippen molar-refractivity contribution in [1.29, 1.82) is 0 Å². The molecule has 0 fully saturated rings. The quantitative estimate of drug-likeness (QED) is 0.233. The summed E-state index contributed by atoms with van der Waals surface area (Å²) in [5, 5.41) is 10.6. The molecule has 2 aromatic heterocycles. The molecule has 0 unspecified atom stereocenters. The highest BCUT2D eigenvalue weighted by molar-refractivity contribution is 6.50. The van der Waals surface area contributed by atoms with Gasteiger partial charge in [0.05, 0.1) is 4.92 Å². The van der Waals surface area contributed by atoms with E-state index in [-0.39, 0.29) is 5.69 Å². The van der Waals surface area contributed by atoms with E-state index in [0.29, 0.717) is 5.82 Å². The van der Waals surface area contributed by atoms with Crippen LogP contribution in [0.15, 0.2) is 67.3 Å². The third-order valence-corrected chi connectivity index (χ3v) is 2.99. The van der Waals surface area contributed by atoms with Gasteiger partial charge in [0.15, 0.2) is 18.2 Å². The molecule has 0 aliphatic heterocycles. The van der Waals surface area contributed by atoms with Crippen LogP contribution >= 0.6 is 0 Å². The number of non-ortho nitro benzene ring substituents is 1. The minimum Gasteiger partial charge on any atom is -0.418 e. The summed E-state index contributed by atoms with van der Waals surface area (Å²) in [6.45, 7) is 0. The number of pyridine rings is 1. The number of hydrogen-bond donors (Lipinski definition) is 0. The Morgan fingerprint density at radius 3 is 1.88 bits per heavy atom. The van der Waals surface area contributed by atoms with Crippen molar-refractivity contribution in [2.75, 3.05) is 0 Å². The summed E-state index contributed by atoms with van der Waals surface area (Å²) < 4.78 is 40.9. The maximum absolute atomic E-state index is 10.6. The summed E-state index contributed by atoms with van der Waals surface area (Å²) in [7, 11) is -6.00. The lowest BCUT2D eigenvalue weighted by molar-refractivity contribution is -0.596. The number of hydrogen-bond acceptors (Lipinski definition) is 4. The number of benzene rings is 1. The van der Waals surface area contributed by atoms with Crippen LogP contribution in [-0.2, 0) is 0 Å². The standard InChI is InChI=1S/C15H11N4O2.BF4/c20-19(21)13-6-4-12(5-7-13)15-16-10-14(11-17-15)18-8-2-1-3-9-18;2-1(3,4)5/h1-11H;/q+1;-1. The SMILES string of the molecule is F[B-](F)(F)F.O=[N+]([O-])c1ccc(-c2ncc(-[n+]3ccccc3)cn2)cc1. The van der Waals surface area contributed by atoms with Crippen molar-refractivity contribution >= 4 is 12.9 Å². The summed E-state index contributed by atoms with van der Waals surface area (Å²) in [6, 6.07) is 11.9. The molecule has 134 valence electrons. The number of nitro benzene ring substituents is 1. The highest BCUT2D eigenvalue weighted by Gasteiger charge is 2.20. The van der Waals surface area contributed by atoms with Crippen molar-refractivity contribution in [3.63, 3.8) is 0 Å². The second kappa shape index (κ2) is 8.14. The molecule has 0 aliphatic rings. The number of nitro groups is 1. The molecule has 6 nitrogen and oxygen atoms in total. The molecule has 1 aromatic carbocycles. The Bertz CT molecular complexity index is 854. The van der Waals surface area contributed by atoms with Crippen LogP contribution in [0.25, 0.3) is 17.1 Å². The number of halogens is 4. The van der Waals surface area contributed by atoms with Gasteiger partial charge in [-0.25, -0.2) is 9.97 Å². The highest BCUT2D eigenvalue weighted by atomic mass is 19.5. The van der Waals surface area contributed by atoms with E-state index >= 15 is 0 Å². The molecule has 0 aliphatic carbocycles. The van der Waals surface area contributed by atoms with Gasteiger partial charge in [-0.15, -0.1) is 0 Å². The maximum atomic E-state index is 10.6. The van der Waals surface area contributed by atoms with Crippen LogP contribution in [0.5, 0.6) is 0 Å². The predicted octanol–water partition coefficient (Wildman–Crippen LogP) is 3.63. The fourth-order valence-corrected chi connectivity index (χ4v) is 1.91. The molecular weight excluding hydrogens is 355 g/mol. The Balaban J connectivity index is 0.000000431. The van der Waals surface area contributed by atoms with Crippen molar-refractivity contribution in [1.82, 2.24) is 9.97 Å². The van der Waals surface area contributed by atoms with E-state index in [0.717, 1.165) is 11.3 Å². The molecule has 0 spiro atoms. The first kappa shape index (κ1) is 19.0. The van der Waals surface area contributed by atoms with E-state index in [1.807, 2.05) is 35.2 Å². The van der Waals surface area contributed by atoms with Gasteiger partial charge in [0, 0.05) is 29.8 Å². The number of aromatic nitrogens is 3.